The fourth-order valence-corrected chi connectivity index (χ4v) is 2.65. The standard InChI is InChI=1S/C11H14N4O2S/c1-14-8-5-12-10(18-2)13-9(8)15(11(14)17)6-3-7(16)4-6/h5-7,16H,3-4H2,1-2H3/t6-,7-. The molecule has 1 saturated carbocycles. The Balaban J connectivity index is 2.22. The third-order valence-corrected chi connectivity index (χ3v) is 4.01. The van der Waals surface area contributed by atoms with Crippen LogP contribution < -0.4 is 5.69 Å². The summed E-state index contributed by atoms with van der Waals surface area (Å²) in [5.74, 6) is 0. The van der Waals surface area contributed by atoms with Gasteiger partial charge in [-0.25, -0.2) is 14.8 Å². The van der Waals surface area contributed by atoms with E-state index in [4.69, 9.17) is 0 Å². The van der Waals surface area contributed by atoms with E-state index in [1.165, 1.54) is 11.8 Å². The van der Waals surface area contributed by atoms with Gasteiger partial charge in [0.15, 0.2) is 10.8 Å². The lowest BCUT2D eigenvalue weighted by Gasteiger charge is -2.31. The molecule has 1 aliphatic carbocycles. The summed E-state index contributed by atoms with van der Waals surface area (Å²) >= 11 is 1.45. The van der Waals surface area contributed by atoms with Crippen LogP contribution in [0.4, 0.5) is 0 Å². The molecule has 0 radical (unpaired) electrons. The number of fused-ring (bicyclic) bond motifs is 1. The van der Waals surface area contributed by atoms with E-state index in [9.17, 15) is 9.90 Å². The molecule has 18 heavy (non-hydrogen) atoms. The lowest BCUT2D eigenvalue weighted by Crippen LogP contribution is -2.37. The Bertz CT molecular complexity index is 657. The SMILES string of the molecule is CSc1ncc2c(n1)n([C@H]1C[C@H](O)C1)c(=O)n2C. The number of aliphatic hydroxyl groups is 1. The maximum atomic E-state index is 12.2. The van der Waals surface area contributed by atoms with Crippen LogP contribution in [-0.4, -0.2) is 36.6 Å². The quantitative estimate of drug-likeness (QED) is 0.634. The highest BCUT2D eigenvalue weighted by molar-refractivity contribution is 7.98. The second kappa shape index (κ2) is 4.10. The van der Waals surface area contributed by atoms with Crippen molar-refractivity contribution in [2.75, 3.05) is 6.26 Å². The van der Waals surface area contributed by atoms with Crippen LogP contribution in [0.3, 0.4) is 0 Å². The van der Waals surface area contributed by atoms with Crippen LogP contribution >= 0.6 is 11.8 Å². The Morgan fingerprint density at radius 2 is 2.22 bits per heavy atom. The van der Waals surface area contributed by atoms with Crippen LogP contribution in [0.1, 0.15) is 18.9 Å². The largest absolute Gasteiger partial charge is 0.393 e. The molecule has 0 spiro atoms. The summed E-state index contributed by atoms with van der Waals surface area (Å²) in [7, 11) is 1.72. The molecule has 0 amide bonds. The van der Waals surface area contributed by atoms with E-state index in [-0.39, 0.29) is 17.8 Å². The first kappa shape index (κ1) is 11.7. The number of aliphatic hydroxyl groups excluding tert-OH is 1. The van der Waals surface area contributed by atoms with Crippen molar-refractivity contribution < 1.29 is 5.11 Å². The lowest BCUT2D eigenvalue weighted by molar-refractivity contribution is 0.0484. The van der Waals surface area contributed by atoms with Gasteiger partial charge in [0.25, 0.3) is 0 Å². The number of imidazole rings is 1. The second-order valence-corrected chi connectivity index (χ2v) is 5.33. The predicted molar refractivity (Wildman–Crippen MR) is 68.8 cm³/mol. The average Bonchev–Trinajstić information content (AvgIpc) is 2.58. The first-order valence-electron chi connectivity index (χ1n) is 5.78. The number of aryl methyl sites for hydroxylation is 1. The van der Waals surface area contributed by atoms with Crippen molar-refractivity contribution in [3.8, 4) is 0 Å². The normalized spacial score (nSPS) is 23.3. The molecule has 1 fully saturated rings. The number of thioether (sulfide) groups is 1. The first-order chi connectivity index (χ1) is 8.61. The van der Waals surface area contributed by atoms with E-state index in [1.807, 2.05) is 6.26 Å². The van der Waals surface area contributed by atoms with Crippen molar-refractivity contribution in [2.45, 2.75) is 30.1 Å². The third-order valence-electron chi connectivity index (χ3n) is 3.45. The molecular weight excluding hydrogens is 252 g/mol. The van der Waals surface area contributed by atoms with E-state index in [0.717, 1.165) is 5.52 Å². The Labute approximate surface area is 108 Å². The van der Waals surface area contributed by atoms with Crippen molar-refractivity contribution in [3.05, 3.63) is 16.7 Å². The molecule has 1 aliphatic rings. The monoisotopic (exact) mass is 266 g/mol. The summed E-state index contributed by atoms with van der Waals surface area (Å²) in [5, 5.41) is 10.0. The van der Waals surface area contributed by atoms with Crippen molar-refractivity contribution >= 4 is 22.9 Å². The molecule has 3 rings (SSSR count). The molecule has 2 aromatic heterocycles. The minimum atomic E-state index is -0.293. The zero-order valence-corrected chi connectivity index (χ0v) is 11.0. The van der Waals surface area contributed by atoms with E-state index < -0.39 is 0 Å². The number of hydrogen-bond acceptors (Lipinski definition) is 5. The molecular formula is C11H14N4O2S. The summed E-state index contributed by atoms with van der Waals surface area (Å²) in [5.41, 5.74) is 1.31. The van der Waals surface area contributed by atoms with Gasteiger partial charge in [-0.15, -0.1) is 0 Å². The first-order valence-corrected chi connectivity index (χ1v) is 7.00. The predicted octanol–water partition coefficient (Wildman–Crippen LogP) is 0.548. The molecule has 0 atom stereocenters. The smallest absolute Gasteiger partial charge is 0.330 e. The van der Waals surface area contributed by atoms with Gasteiger partial charge in [0.05, 0.1) is 12.3 Å². The maximum absolute atomic E-state index is 12.2. The number of aromatic nitrogens is 4. The Hall–Kier alpha value is -1.34. The van der Waals surface area contributed by atoms with Gasteiger partial charge in [-0.3, -0.25) is 9.13 Å². The highest BCUT2D eigenvalue weighted by Gasteiger charge is 2.32. The molecule has 0 unspecified atom stereocenters. The lowest BCUT2D eigenvalue weighted by atomic mass is 9.89. The van der Waals surface area contributed by atoms with Gasteiger partial charge in [0.2, 0.25) is 0 Å². The minimum Gasteiger partial charge on any atom is -0.393 e. The van der Waals surface area contributed by atoms with Crippen molar-refractivity contribution in [3.63, 3.8) is 0 Å². The number of hydrogen-bond donors (Lipinski definition) is 1. The summed E-state index contributed by atoms with van der Waals surface area (Å²) in [4.78, 5) is 20.8. The van der Waals surface area contributed by atoms with Crippen LogP contribution in [0, 0.1) is 0 Å². The highest BCUT2D eigenvalue weighted by atomic mass is 32.2. The summed E-state index contributed by atoms with van der Waals surface area (Å²) in [6.45, 7) is 0. The highest BCUT2D eigenvalue weighted by Crippen LogP contribution is 2.33. The van der Waals surface area contributed by atoms with E-state index in [2.05, 4.69) is 9.97 Å². The van der Waals surface area contributed by atoms with Crippen molar-refractivity contribution in [1.29, 1.82) is 0 Å². The van der Waals surface area contributed by atoms with Crippen LogP contribution in [0.5, 0.6) is 0 Å². The van der Waals surface area contributed by atoms with Crippen LogP contribution in [0.2, 0.25) is 0 Å². The number of nitrogens with zero attached hydrogens (tertiary/aromatic N) is 4. The van der Waals surface area contributed by atoms with E-state index >= 15 is 0 Å². The number of rotatable bonds is 2. The van der Waals surface area contributed by atoms with Crippen LogP contribution in [0.25, 0.3) is 11.2 Å². The Morgan fingerprint density at radius 1 is 1.50 bits per heavy atom. The molecule has 6 nitrogen and oxygen atoms in total. The van der Waals surface area contributed by atoms with Gasteiger partial charge in [-0.1, -0.05) is 11.8 Å². The fraction of sp³-hybridized carbons (Fsp3) is 0.545. The topological polar surface area (TPSA) is 72.9 Å². The molecule has 96 valence electrons. The molecule has 2 heterocycles. The zero-order chi connectivity index (χ0) is 12.9. The summed E-state index contributed by atoms with van der Waals surface area (Å²) in [6.07, 6.45) is 4.54. The van der Waals surface area contributed by atoms with Crippen LogP contribution in [0.15, 0.2) is 16.1 Å². The van der Waals surface area contributed by atoms with Gasteiger partial charge in [-0.05, 0) is 19.1 Å². The van der Waals surface area contributed by atoms with Gasteiger partial charge < -0.3 is 5.11 Å². The Morgan fingerprint density at radius 3 is 2.83 bits per heavy atom. The molecule has 0 bridgehead atoms. The summed E-state index contributed by atoms with van der Waals surface area (Å²) < 4.78 is 3.24. The van der Waals surface area contributed by atoms with Gasteiger partial charge in [-0.2, -0.15) is 0 Å². The molecule has 0 aliphatic heterocycles. The van der Waals surface area contributed by atoms with Gasteiger partial charge >= 0.3 is 5.69 Å². The zero-order valence-electron chi connectivity index (χ0n) is 10.2. The fourth-order valence-electron chi connectivity index (χ4n) is 2.32. The summed E-state index contributed by atoms with van der Waals surface area (Å²) in [6, 6.07) is 0.0563. The maximum Gasteiger partial charge on any atom is 0.330 e. The average molecular weight is 266 g/mol. The second-order valence-electron chi connectivity index (χ2n) is 4.56. The van der Waals surface area contributed by atoms with Crippen molar-refractivity contribution in [2.24, 2.45) is 7.05 Å². The van der Waals surface area contributed by atoms with E-state index in [1.54, 1.807) is 22.4 Å². The van der Waals surface area contributed by atoms with Gasteiger partial charge in [0.1, 0.15) is 5.52 Å². The van der Waals surface area contributed by atoms with Crippen molar-refractivity contribution in [1.82, 2.24) is 19.1 Å². The molecule has 2 aromatic rings. The minimum absolute atomic E-state index is 0.0563. The van der Waals surface area contributed by atoms with Gasteiger partial charge in [0, 0.05) is 13.1 Å². The molecule has 0 saturated heterocycles. The molecule has 7 heteroatoms. The third kappa shape index (κ3) is 1.58. The molecule has 1 N–H and O–H groups in total. The molecule has 0 aromatic carbocycles. The van der Waals surface area contributed by atoms with E-state index in [0.29, 0.717) is 23.6 Å². The van der Waals surface area contributed by atoms with Crippen LogP contribution in [-0.2, 0) is 7.05 Å². The Kier molecular flexibility index (Phi) is 2.67.